The van der Waals surface area contributed by atoms with Crippen LogP contribution >= 0.6 is 0 Å². The van der Waals surface area contributed by atoms with E-state index in [9.17, 15) is 0 Å². The lowest BCUT2D eigenvalue weighted by atomic mass is 10.0. The maximum atomic E-state index is 6.07. The van der Waals surface area contributed by atoms with Gasteiger partial charge in [0.05, 0.1) is 11.4 Å². The lowest BCUT2D eigenvalue weighted by molar-refractivity contribution is 0.556. The Hall–Kier alpha value is -1.44. The molecule has 0 unspecified atom stereocenters. The summed E-state index contributed by atoms with van der Waals surface area (Å²) in [5.41, 5.74) is 10.4. The Bertz CT molecular complexity index is 400. The van der Waals surface area contributed by atoms with E-state index in [1.807, 2.05) is 12.3 Å². The van der Waals surface area contributed by atoms with Gasteiger partial charge in [0.25, 0.3) is 0 Å². The second-order valence-corrected chi connectivity index (χ2v) is 5.22. The lowest BCUT2D eigenvalue weighted by Gasteiger charge is -2.35. The van der Waals surface area contributed by atoms with Crippen LogP contribution in [-0.4, -0.2) is 5.54 Å². The van der Waals surface area contributed by atoms with Crippen molar-refractivity contribution < 1.29 is 0 Å². The van der Waals surface area contributed by atoms with E-state index in [1.54, 1.807) is 0 Å². The summed E-state index contributed by atoms with van der Waals surface area (Å²) in [6, 6.07) is 4.14. The van der Waals surface area contributed by atoms with Crippen LogP contribution in [0, 0.1) is 13.8 Å². The van der Waals surface area contributed by atoms with Crippen molar-refractivity contribution in [1.82, 2.24) is 0 Å². The Balaban J connectivity index is 3.31. The maximum absolute atomic E-state index is 6.07. The fourth-order valence-electron chi connectivity index (χ4n) is 1.77. The van der Waals surface area contributed by atoms with Gasteiger partial charge in [0.15, 0.2) is 0 Å². The van der Waals surface area contributed by atoms with Crippen molar-refractivity contribution in [2.24, 2.45) is 0 Å². The Kier molecular flexibility index (Phi) is 3.32. The number of anilines is 2. The van der Waals surface area contributed by atoms with Gasteiger partial charge < -0.3 is 10.6 Å². The highest BCUT2D eigenvalue weighted by atomic mass is 15.2. The number of hydrogen-bond acceptors (Lipinski definition) is 2. The fourth-order valence-corrected chi connectivity index (χ4v) is 1.77. The number of nitrogen functional groups attached to an aromatic ring is 1. The molecule has 0 bridgehead atoms. The van der Waals surface area contributed by atoms with E-state index >= 15 is 0 Å². The first-order valence-corrected chi connectivity index (χ1v) is 5.56. The zero-order valence-electron chi connectivity index (χ0n) is 11.0. The zero-order chi connectivity index (χ0) is 12.5. The van der Waals surface area contributed by atoms with Crippen LogP contribution in [0.5, 0.6) is 0 Å². The molecule has 0 aliphatic rings. The SMILES string of the molecule is C=CN(c1cc(C)c(C)cc1N)C(C)(C)C. The molecule has 1 aromatic rings. The molecule has 0 radical (unpaired) electrons. The van der Waals surface area contributed by atoms with E-state index in [1.165, 1.54) is 11.1 Å². The predicted octanol–water partition coefficient (Wildman–Crippen LogP) is 3.63. The highest BCUT2D eigenvalue weighted by Gasteiger charge is 2.21. The first kappa shape index (κ1) is 12.6. The number of nitrogens with two attached hydrogens (primary N) is 1. The van der Waals surface area contributed by atoms with Crippen molar-refractivity contribution in [3.8, 4) is 0 Å². The second-order valence-electron chi connectivity index (χ2n) is 5.22. The van der Waals surface area contributed by atoms with Crippen LogP contribution < -0.4 is 10.6 Å². The first-order chi connectivity index (χ1) is 7.27. The number of rotatable bonds is 2. The molecule has 1 aromatic carbocycles. The Labute approximate surface area is 98.8 Å². The molecule has 0 spiro atoms. The minimum absolute atomic E-state index is 0.0163. The summed E-state index contributed by atoms with van der Waals surface area (Å²) < 4.78 is 0. The predicted molar refractivity (Wildman–Crippen MR) is 72.8 cm³/mol. The standard InChI is InChI=1S/C14H22N2/c1-7-16(14(4,5)6)13-9-11(3)10(2)8-12(13)15/h7-9H,1,15H2,2-6H3. The Morgan fingerprint density at radius 1 is 1.19 bits per heavy atom. The molecule has 0 amide bonds. The summed E-state index contributed by atoms with van der Waals surface area (Å²) in [6.07, 6.45) is 1.83. The zero-order valence-corrected chi connectivity index (χ0v) is 11.0. The van der Waals surface area contributed by atoms with Gasteiger partial charge in [-0.25, -0.2) is 0 Å². The Morgan fingerprint density at radius 3 is 2.12 bits per heavy atom. The summed E-state index contributed by atoms with van der Waals surface area (Å²) >= 11 is 0. The second kappa shape index (κ2) is 4.20. The molecule has 16 heavy (non-hydrogen) atoms. The maximum Gasteiger partial charge on any atom is 0.0647 e. The van der Waals surface area contributed by atoms with Crippen molar-refractivity contribution in [3.63, 3.8) is 0 Å². The average molecular weight is 218 g/mol. The summed E-state index contributed by atoms with van der Waals surface area (Å²) in [6.45, 7) is 14.5. The van der Waals surface area contributed by atoms with Crippen LogP contribution in [0.3, 0.4) is 0 Å². The number of benzene rings is 1. The quantitative estimate of drug-likeness (QED) is 0.768. The topological polar surface area (TPSA) is 29.3 Å². The molecule has 0 aliphatic heterocycles. The van der Waals surface area contributed by atoms with Crippen molar-refractivity contribution in [3.05, 3.63) is 36.0 Å². The molecule has 0 fully saturated rings. The van der Waals surface area contributed by atoms with E-state index in [0.717, 1.165) is 11.4 Å². The van der Waals surface area contributed by atoms with E-state index < -0.39 is 0 Å². The van der Waals surface area contributed by atoms with Crippen molar-refractivity contribution in [1.29, 1.82) is 0 Å². The van der Waals surface area contributed by atoms with Gasteiger partial charge in [-0.3, -0.25) is 0 Å². The van der Waals surface area contributed by atoms with Gasteiger partial charge in [0.1, 0.15) is 0 Å². The molecular weight excluding hydrogens is 196 g/mol. The highest BCUT2D eigenvalue weighted by Crippen LogP contribution is 2.31. The molecule has 0 saturated carbocycles. The number of nitrogens with zero attached hydrogens (tertiary/aromatic N) is 1. The van der Waals surface area contributed by atoms with E-state index in [4.69, 9.17) is 5.73 Å². The molecule has 0 heterocycles. The van der Waals surface area contributed by atoms with Crippen LogP contribution in [0.4, 0.5) is 11.4 Å². The minimum Gasteiger partial charge on any atom is -0.397 e. The molecule has 0 aliphatic carbocycles. The van der Waals surface area contributed by atoms with Gasteiger partial charge in [-0.2, -0.15) is 0 Å². The van der Waals surface area contributed by atoms with Gasteiger partial charge in [0.2, 0.25) is 0 Å². The van der Waals surface area contributed by atoms with Crippen LogP contribution in [-0.2, 0) is 0 Å². The molecule has 0 aromatic heterocycles. The third-order valence-electron chi connectivity index (χ3n) is 2.81. The molecule has 2 nitrogen and oxygen atoms in total. The van der Waals surface area contributed by atoms with Gasteiger partial charge >= 0.3 is 0 Å². The van der Waals surface area contributed by atoms with Gasteiger partial charge in [0, 0.05) is 5.54 Å². The van der Waals surface area contributed by atoms with Crippen molar-refractivity contribution in [2.45, 2.75) is 40.2 Å². The number of aryl methyl sites for hydroxylation is 2. The summed E-state index contributed by atoms with van der Waals surface area (Å²) in [5.74, 6) is 0. The molecule has 0 atom stereocenters. The molecular formula is C14H22N2. The van der Waals surface area contributed by atoms with Gasteiger partial charge in [-0.15, -0.1) is 0 Å². The molecule has 2 heteroatoms. The average Bonchev–Trinajstić information content (AvgIpc) is 2.12. The third kappa shape index (κ3) is 2.38. The normalized spacial score (nSPS) is 11.3. The van der Waals surface area contributed by atoms with Gasteiger partial charge in [-0.1, -0.05) is 6.58 Å². The van der Waals surface area contributed by atoms with E-state index in [2.05, 4.69) is 52.2 Å². The monoisotopic (exact) mass is 218 g/mol. The molecule has 0 saturated heterocycles. The molecule has 1 rings (SSSR count). The summed E-state index contributed by atoms with van der Waals surface area (Å²) in [4.78, 5) is 2.11. The smallest absolute Gasteiger partial charge is 0.0647 e. The van der Waals surface area contributed by atoms with Crippen LogP contribution in [0.2, 0.25) is 0 Å². The molecule has 88 valence electrons. The fraction of sp³-hybridized carbons (Fsp3) is 0.429. The summed E-state index contributed by atoms with van der Waals surface area (Å²) in [5, 5.41) is 0. The lowest BCUT2D eigenvalue weighted by Crippen LogP contribution is -2.37. The van der Waals surface area contributed by atoms with E-state index in [0.29, 0.717) is 0 Å². The summed E-state index contributed by atoms with van der Waals surface area (Å²) in [7, 11) is 0. The third-order valence-corrected chi connectivity index (χ3v) is 2.81. The first-order valence-electron chi connectivity index (χ1n) is 5.56. The number of hydrogen-bond donors (Lipinski definition) is 1. The van der Waals surface area contributed by atoms with Crippen molar-refractivity contribution >= 4 is 11.4 Å². The van der Waals surface area contributed by atoms with Crippen molar-refractivity contribution in [2.75, 3.05) is 10.6 Å². The minimum atomic E-state index is -0.0163. The van der Waals surface area contributed by atoms with Crippen LogP contribution in [0.1, 0.15) is 31.9 Å². The van der Waals surface area contributed by atoms with Crippen LogP contribution in [0.25, 0.3) is 0 Å². The highest BCUT2D eigenvalue weighted by molar-refractivity contribution is 5.72. The van der Waals surface area contributed by atoms with Gasteiger partial charge in [-0.05, 0) is 64.1 Å². The molecule has 2 N–H and O–H groups in total. The van der Waals surface area contributed by atoms with E-state index in [-0.39, 0.29) is 5.54 Å². The Morgan fingerprint density at radius 2 is 1.69 bits per heavy atom. The largest absolute Gasteiger partial charge is 0.397 e. The van der Waals surface area contributed by atoms with Crippen LogP contribution in [0.15, 0.2) is 24.9 Å².